The standard InChI is InChI=1S/C16H16N2O2/c19-16(20-13-7-2-1-3-8-13)18-12-6-10-15(18)14-9-4-5-11-17-14/h1-5,7-9,11,15H,6,10,12H2. The van der Waals surface area contributed by atoms with E-state index in [1.54, 1.807) is 23.2 Å². The lowest BCUT2D eigenvalue weighted by atomic mass is 10.1. The van der Waals surface area contributed by atoms with Crippen molar-refractivity contribution < 1.29 is 9.53 Å². The second-order valence-electron chi connectivity index (χ2n) is 4.79. The van der Waals surface area contributed by atoms with Gasteiger partial charge in [-0.25, -0.2) is 4.79 Å². The number of hydrogen-bond donors (Lipinski definition) is 0. The molecule has 2 heterocycles. The molecular formula is C16H16N2O2. The summed E-state index contributed by atoms with van der Waals surface area (Å²) >= 11 is 0. The van der Waals surface area contributed by atoms with Crippen LogP contribution < -0.4 is 4.74 Å². The third kappa shape index (κ3) is 2.64. The Hall–Kier alpha value is -2.36. The third-order valence-corrected chi connectivity index (χ3v) is 3.46. The first-order valence-electron chi connectivity index (χ1n) is 6.79. The number of aromatic nitrogens is 1. The molecule has 4 nitrogen and oxygen atoms in total. The van der Waals surface area contributed by atoms with Gasteiger partial charge < -0.3 is 4.74 Å². The van der Waals surface area contributed by atoms with Crippen LogP contribution in [0.1, 0.15) is 24.6 Å². The molecule has 0 N–H and O–H groups in total. The number of carbonyl (C=O) groups is 1. The van der Waals surface area contributed by atoms with Gasteiger partial charge in [-0.15, -0.1) is 0 Å². The van der Waals surface area contributed by atoms with Crippen LogP contribution in [0.3, 0.4) is 0 Å². The average molecular weight is 268 g/mol. The minimum Gasteiger partial charge on any atom is -0.410 e. The minimum absolute atomic E-state index is 0.0208. The van der Waals surface area contributed by atoms with Gasteiger partial charge >= 0.3 is 6.09 Å². The van der Waals surface area contributed by atoms with Gasteiger partial charge in [0.2, 0.25) is 0 Å². The molecule has 0 aliphatic carbocycles. The predicted molar refractivity (Wildman–Crippen MR) is 75.4 cm³/mol. The maximum absolute atomic E-state index is 12.3. The van der Waals surface area contributed by atoms with Crippen LogP contribution in [0, 0.1) is 0 Å². The van der Waals surface area contributed by atoms with Gasteiger partial charge in [0, 0.05) is 12.7 Å². The van der Waals surface area contributed by atoms with E-state index >= 15 is 0 Å². The Labute approximate surface area is 118 Å². The number of hydrogen-bond acceptors (Lipinski definition) is 3. The van der Waals surface area contributed by atoms with Crippen LogP contribution in [0.25, 0.3) is 0 Å². The number of nitrogens with zero attached hydrogens (tertiary/aromatic N) is 2. The summed E-state index contributed by atoms with van der Waals surface area (Å²) in [6, 6.07) is 15.0. The fourth-order valence-corrected chi connectivity index (χ4v) is 2.51. The Morgan fingerprint density at radius 3 is 2.70 bits per heavy atom. The molecule has 20 heavy (non-hydrogen) atoms. The van der Waals surface area contributed by atoms with E-state index in [0.717, 1.165) is 18.5 Å². The zero-order chi connectivity index (χ0) is 13.8. The number of para-hydroxylation sites is 1. The van der Waals surface area contributed by atoms with Crippen molar-refractivity contribution in [2.75, 3.05) is 6.54 Å². The SMILES string of the molecule is O=C(Oc1ccccc1)N1CCCC1c1ccccn1. The summed E-state index contributed by atoms with van der Waals surface area (Å²) < 4.78 is 5.41. The molecule has 1 aromatic carbocycles. The monoisotopic (exact) mass is 268 g/mol. The van der Waals surface area contributed by atoms with Crippen molar-refractivity contribution in [3.63, 3.8) is 0 Å². The van der Waals surface area contributed by atoms with Gasteiger partial charge in [0.15, 0.2) is 0 Å². The van der Waals surface area contributed by atoms with Gasteiger partial charge in [0.05, 0.1) is 11.7 Å². The lowest BCUT2D eigenvalue weighted by Crippen LogP contribution is -2.33. The van der Waals surface area contributed by atoms with Crippen molar-refractivity contribution in [1.82, 2.24) is 9.88 Å². The van der Waals surface area contributed by atoms with E-state index < -0.39 is 0 Å². The summed E-state index contributed by atoms with van der Waals surface area (Å²) in [6.45, 7) is 0.715. The molecule has 1 unspecified atom stereocenters. The van der Waals surface area contributed by atoms with Gasteiger partial charge in [-0.1, -0.05) is 24.3 Å². The topological polar surface area (TPSA) is 42.4 Å². The van der Waals surface area contributed by atoms with Crippen molar-refractivity contribution in [2.45, 2.75) is 18.9 Å². The van der Waals surface area contributed by atoms with Crippen LogP contribution in [-0.2, 0) is 0 Å². The van der Waals surface area contributed by atoms with Crippen LogP contribution in [0.5, 0.6) is 5.75 Å². The molecule has 1 aliphatic rings. The van der Waals surface area contributed by atoms with E-state index in [0.29, 0.717) is 12.3 Å². The quantitative estimate of drug-likeness (QED) is 0.838. The summed E-state index contributed by atoms with van der Waals surface area (Å²) in [5.74, 6) is 0.573. The minimum atomic E-state index is -0.302. The Bertz CT molecular complexity index is 572. The highest BCUT2D eigenvalue weighted by molar-refractivity contribution is 5.71. The first kappa shape index (κ1) is 12.7. The van der Waals surface area contributed by atoms with Crippen molar-refractivity contribution in [2.24, 2.45) is 0 Å². The molecule has 0 bridgehead atoms. The van der Waals surface area contributed by atoms with E-state index in [-0.39, 0.29) is 12.1 Å². The van der Waals surface area contributed by atoms with Gasteiger partial charge in [-0.2, -0.15) is 0 Å². The van der Waals surface area contributed by atoms with Crippen LogP contribution in [0.15, 0.2) is 54.7 Å². The largest absolute Gasteiger partial charge is 0.415 e. The summed E-state index contributed by atoms with van der Waals surface area (Å²) in [6.07, 6.45) is 3.37. The van der Waals surface area contributed by atoms with Crippen LogP contribution >= 0.6 is 0 Å². The average Bonchev–Trinajstić information content (AvgIpc) is 2.99. The van der Waals surface area contributed by atoms with Crippen molar-refractivity contribution in [3.05, 3.63) is 60.4 Å². The van der Waals surface area contributed by atoms with Gasteiger partial charge in [0.25, 0.3) is 0 Å². The summed E-state index contributed by atoms with van der Waals surface area (Å²) in [7, 11) is 0. The second-order valence-corrected chi connectivity index (χ2v) is 4.79. The lowest BCUT2D eigenvalue weighted by Gasteiger charge is -2.23. The smallest absolute Gasteiger partial charge is 0.410 e. The van der Waals surface area contributed by atoms with Gasteiger partial charge in [0.1, 0.15) is 5.75 Å². The Morgan fingerprint density at radius 2 is 1.95 bits per heavy atom. The van der Waals surface area contributed by atoms with Crippen molar-refractivity contribution in [1.29, 1.82) is 0 Å². The molecular weight excluding hydrogens is 252 g/mol. The number of ether oxygens (including phenoxy) is 1. The van der Waals surface area contributed by atoms with Crippen LogP contribution in [0.2, 0.25) is 0 Å². The summed E-state index contributed by atoms with van der Waals surface area (Å²) in [5.41, 5.74) is 0.926. The zero-order valence-corrected chi connectivity index (χ0v) is 11.1. The van der Waals surface area contributed by atoms with E-state index in [1.165, 1.54) is 0 Å². The molecule has 4 heteroatoms. The fourth-order valence-electron chi connectivity index (χ4n) is 2.51. The molecule has 1 fully saturated rings. The molecule has 102 valence electrons. The molecule has 1 atom stereocenters. The maximum Gasteiger partial charge on any atom is 0.415 e. The summed E-state index contributed by atoms with van der Waals surface area (Å²) in [4.78, 5) is 18.4. The fraction of sp³-hybridized carbons (Fsp3) is 0.250. The highest BCUT2D eigenvalue weighted by atomic mass is 16.6. The van der Waals surface area contributed by atoms with Crippen molar-refractivity contribution in [3.8, 4) is 5.75 Å². The molecule has 1 saturated heterocycles. The van der Waals surface area contributed by atoms with E-state index in [4.69, 9.17) is 4.74 Å². The Morgan fingerprint density at radius 1 is 1.15 bits per heavy atom. The van der Waals surface area contributed by atoms with E-state index in [9.17, 15) is 4.79 Å². The van der Waals surface area contributed by atoms with Gasteiger partial charge in [-0.3, -0.25) is 9.88 Å². The van der Waals surface area contributed by atoms with Gasteiger partial charge in [-0.05, 0) is 37.1 Å². The normalized spacial score (nSPS) is 18.0. The lowest BCUT2D eigenvalue weighted by molar-refractivity contribution is 0.146. The molecule has 1 aromatic heterocycles. The Kier molecular flexibility index (Phi) is 3.63. The summed E-state index contributed by atoms with van der Waals surface area (Å²) in [5, 5.41) is 0. The van der Waals surface area contributed by atoms with Crippen LogP contribution in [-0.4, -0.2) is 22.5 Å². The number of benzene rings is 1. The highest BCUT2D eigenvalue weighted by Crippen LogP contribution is 2.31. The zero-order valence-electron chi connectivity index (χ0n) is 11.1. The van der Waals surface area contributed by atoms with Crippen LogP contribution in [0.4, 0.5) is 4.79 Å². The molecule has 0 saturated carbocycles. The molecule has 1 amide bonds. The maximum atomic E-state index is 12.3. The number of likely N-dealkylation sites (tertiary alicyclic amines) is 1. The van der Waals surface area contributed by atoms with E-state index in [2.05, 4.69) is 4.98 Å². The van der Waals surface area contributed by atoms with Crippen molar-refractivity contribution >= 4 is 6.09 Å². The molecule has 2 aromatic rings. The first-order chi connectivity index (χ1) is 9.84. The molecule has 0 spiro atoms. The highest BCUT2D eigenvalue weighted by Gasteiger charge is 2.32. The number of pyridine rings is 1. The number of amides is 1. The predicted octanol–water partition coefficient (Wildman–Crippen LogP) is 3.42. The number of carbonyl (C=O) groups excluding carboxylic acids is 1. The molecule has 0 radical (unpaired) electrons. The third-order valence-electron chi connectivity index (χ3n) is 3.46. The van der Waals surface area contributed by atoms with E-state index in [1.807, 2.05) is 36.4 Å². The number of rotatable bonds is 2. The molecule has 3 rings (SSSR count). The first-order valence-corrected chi connectivity index (χ1v) is 6.79. The molecule has 1 aliphatic heterocycles. The second kappa shape index (κ2) is 5.74. The Balaban J connectivity index is 1.74.